The number of halogens is 2. The van der Waals surface area contributed by atoms with Gasteiger partial charge in [-0.1, -0.05) is 0 Å². The van der Waals surface area contributed by atoms with Gasteiger partial charge in [0.25, 0.3) is 0 Å². The van der Waals surface area contributed by atoms with Crippen molar-refractivity contribution in [2.45, 2.75) is 44.2 Å². The van der Waals surface area contributed by atoms with Gasteiger partial charge in [-0.25, -0.2) is 17.2 Å². The van der Waals surface area contributed by atoms with Gasteiger partial charge in [0.05, 0.1) is 0 Å². The molecule has 0 aliphatic heterocycles. The van der Waals surface area contributed by atoms with Gasteiger partial charge in [-0.2, -0.15) is 4.72 Å². The van der Waals surface area contributed by atoms with Crippen LogP contribution in [-0.4, -0.2) is 26.0 Å². The maximum absolute atomic E-state index is 13.5. The summed E-state index contributed by atoms with van der Waals surface area (Å²) in [4.78, 5) is 10.8. The van der Waals surface area contributed by atoms with Crippen LogP contribution in [0.15, 0.2) is 23.1 Å². The Balaban J connectivity index is 2.95. The molecule has 1 aromatic carbocycles. The first-order chi connectivity index (χ1) is 9.42. The van der Waals surface area contributed by atoms with Crippen LogP contribution < -0.4 is 4.72 Å². The molecule has 0 radical (unpaired) electrons. The number of carbonyl (C=O) groups excluding carboxylic acids is 1. The van der Waals surface area contributed by atoms with Crippen LogP contribution in [0.25, 0.3) is 0 Å². The van der Waals surface area contributed by atoms with E-state index in [1.807, 2.05) is 4.72 Å². The minimum atomic E-state index is -4.38. The van der Waals surface area contributed by atoms with Crippen LogP contribution in [0.5, 0.6) is 0 Å². The van der Waals surface area contributed by atoms with Crippen LogP contribution in [0.2, 0.25) is 0 Å². The van der Waals surface area contributed by atoms with E-state index in [0.717, 1.165) is 6.07 Å². The molecule has 0 bridgehead atoms. The Morgan fingerprint density at radius 1 is 1.29 bits per heavy atom. The van der Waals surface area contributed by atoms with Crippen LogP contribution in [-0.2, 0) is 19.6 Å². The molecule has 0 aromatic heterocycles. The Kier molecular flexibility index (Phi) is 5.06. The fourth-order valence-electron chi connectivity index (χ4n) is 1.42. The van der Waals surface area contributed by atoms with Crippen molar-refractivity contribution in [3.63, 3.8) is 0 Å². The van der Waals surface area contributed by atoms with E-state index in [-0.39, 0.29) is 0 Å². The summed E-state index contributed by atoms with van der Waals surface area (Å²) in [6, 6.07) is 0.796. The maximum atomic E-state index is 13.5. The highest BCUT2D eigenvalue weighted by molar-refractivity contribution is 7.89. The topological polar surface area (TPSA) is 72.5 Å². The van der Waals surface area contributed by atoms with Crippen molar-refractivity contribution >= 4 is 16.0 Å². The summed E-state index contributed by atoms with van der Waals surface area (Å²) < 4.78 is 57.4. The second kappa shape index (κ2) is 6.07. The number of sulfonamides is 1. The molecule has 1 atom stereocenters. The standard InChI is InChI=1S/C13H17F2NO4S/c1-8(12(17)20-13(2,3)4)16-21(18,19)11-7-9(14)5-6-10(11)15/h5-8,16H,1-4H3/t8-/m0/s1. The van der Waals surface area contributed by atoms with E-state index in [1.54, 1.807) is 20.8 Å². The van der Waals surface area contributed by atoms with E-state index < -0.39 is 44.2 Å². The maximum Gasteiger partial charge on any atom is 0.324 e. The van der Waals surface area contributed by atoms with Gasteiger partial charge in [-0.05, 0) is 45.9 Å². The van der Waals surface area contributed by atoms with Gasteiger partial charge in [-0.3, -0.25) is 4.79 Å². The van der Waals surface area contributed by atoms with Crippen molar-refractivity contribution in [1.82, 2.24) is 4.72 Å². The number of hydrogen-bond donors (Lipinski definition) is 1. The fraction of sp³-hybridized carbons (Fsp3) is 0.462. The zero-order valence-electron chi connectivity index (χ0n) is 12.1. The van der Waals surface area contributed by atoms with E-state index in [1.165, 1.54) is 6.92 Å². The molecule has 8 heteroatoms. The lowest BCUT2D eigenvalue weighted by Gasteiger charge is -2.22. The fourth-order valence-corrected chi connectivity index (χ4v) is 2.70. The van der Waals surface area contributed by atoms with Crippen LogP contribution in [0, 0.1) is 11.6 Å². The van der Waals surface area contributed by atoms with Crippen LogP contribution >= 0.6 is 0 Å². The third-order valence-corrected chi connectivity index (χ3v) is 3.83. The van der Waals surface area contributed by atoms with E-state index in [9.17, 15) is 22.0 Å². The molecule has 1 rings (SSSR count). The summed E-state index contributed by atoms with van der Waals surface area (Å²) >= 11 is 0. The summed E-state index contributed by atoms with van der Waals surface area (Å²) in [6.07, 6.45) is 0. The van der Waals surface area contributed by atoms with Crippen molar-refractivity contribution in [2.75, 3.05) is 0 Å². The van der Waals surface area contributed by atoms with Gasteiger partial charge in [0, 0.05) is 0 Å². The molecule has 0 unspecified atom stereocenters. The first-order valence-electron chi connectivity index (χ1n) is 6.12. The Morgan fingerprint density at radius 3 is 2.38 bits per heavy atom. The van der Waals surface area contributed by atoms with Gasteiger partial charge in [0.2, 0.25) is 10.0 Å². The highest BCUT2D eigenvalue weighted by Gasteiger charge is 2.28. The quantitative estimate of drug-likeness (QED) is 0.861. The molecule has 0 saturated carbocycles. The highest BCUT2D eigenvalue weighted by atomic mass is 32.2. The Bertz CT molecular complexity index is 638. The van der Waals surface area contributed by atoms with Crippen molar-refractivity contribution in [3.8, 4) is 0 Å². The van der Waals surface area contributed by atoms with Crippen LogP contribution in [0.3, 0.4) is 0 Å². The molecular weight excluding hydrogens is 304 g/mol. The monoisotopic (exact) mass is 321 g/mol. The first-order valence-corrected chi connectivity index (χ1v) is 7.61. The third-order valence-electron chi connectivity index (χ3n) is 2.28. The van der Waals surface area contributed by atoms with Gasteiger partial charge in [-0.15, -0.1) is 0 Å². The average molecular weight is 321 g/mol. The predicted octanol–water partition coefficient (Wildman–Crippen LogP) is 1.97. The molecule has 0 saturated heterocycles. The number of hydrogen-bond acceptors (Lipinski definition) is 4. The normalized spacial score (nSPS) is 13.8. The molecule has 0 amide bonds. The number of esters is 1. The van der Waals surface area contributed by atoms with Crippen molar-refractivity contribution in [1.29, 1.82) is 0 Å². The van der Waals surface area contributed by atoms with Gasteiger partial charge < -0.3 is 4.74 Å². The third kappa shape index (κ3) is 5.05. The second-order valence-electron chi connectivity index (χ2n) is 5.45. The molecular formula is C13H17F2NO4S. The summed E-state index contributed by atoms with van der Waals surface area (Å²) in [5.41, 5.74) is -0.791. The van der Waals surface area contributed by atoms with Crippen molar-refractivity contribution < 1.29 is 26.7 Å². The predicted molar refractivity (Wildman–Crippen MR) is 72.0 cm³/mol. The number of benzene rings is 1. The van der Waals surface area contributed by atoms with E-state index in [2.05, 4.69) is 0 Å². The molecule has 5 nitrogen and oxygen atoms in total. The molecule has 0 aliphatic rings. The average Bonchev–Trinajstić information content (AvgIpc) is 2.29. The lowest BCUT2D eigenvalue weighted by molar-refractivity contribution is -0.156. The second-order valence-corrected chi connectivity index (χ2v) is 7.13. The zero-order valence-corrected chi connectivity index (χ0v) is 12.9. The minimum Gasteiger partial charge on any atom is -0.459 e. The molecule has 118 valence electrons. The van der Waals surface area contributed by atoms with E-state index >= 15 is 0 Å². The lowest BCUT2D eigenvalue weighted by Crippen LogP contribution is -2.42. The Morgan fingerprint density at radius 2 is 1.86 bits per heavy atom. The number of rotatable bonds is 4. The Hall–Kier alpha value is -1.54. The molecule has 1 aromatic rings. The van der Waals surface area contributed by atoms with Gasteiger partial charge in [0.15, 0.2) is 0 Å². The highest BCUT2D eigenvalue weighted by Crippen LogP contribution is 2.16. The van der Waals surface area contributed by atoms with E-state index in [4.69, 9.17) is 4.74 Å². The summed E-state index contributed by atoms with van der Waals surface area (Å²) in [7, 11) is -4.38. The molecule has 21 heavy (non-hydrogen) atoms. The molecule has 1 N–H and O–H groups in total. The molecule has 0 heterocycles. The summed E-state index contributed by atoms with van der Waals surface area (Å²) in [6.45, 7) is 6.12. The number of ether oxygens (including phenoxy) is 1. The summed E-state index contributed by atoms with van der Waals surface area (Å²) in [5.74, 6) is -2.83. The molecule has 0 spiro atoms. The number of carbonyl (C=O) groups is 1. The lowest BCUT2D eigenvalue weighted by atomic mass is 10.2. The first kappa shape index (κ1) is 17.5. The molecule has 0 aliphatic carbocycles. The van der Waals surface area contributed by atoms with Crippen molar-refractivity contribution in [3.05, 3.63) is 29.8 Å². The van der Waals surface area contributed by atoms with Crippen LogP contribution in [0.4, 0.5) is 8.78 Å². The van der Waals surface area contributed by atoms with Crippen LogP contribution in [0.1, 0.15) is 27.7 Å². The van der Waals surface area contributed by atoms with Gasteiger partial charge >= 0.3 is 5.97 Å². The minimum absolute atomic E-state index is 0.541. The largest absolute Gasteiger partial charge is 0.459 e. The zero-order chi connectivity index (χ0) is 16.4. The number of nitrogens with one attached hydrogen (secondary N) is 1. The van der Waals surface area contributed by atoms with Gasteiger partial charge in [0.1, 0.15) is 28.2 Å². The van der Waals surface area contributed by atoms with E-state index in [0.29, 0.717) is 12.1 Å². The smallest absolute Gasteiger partial charge is 0.324 e. The molecule has 0 fully saturated rings. The van der Waals surface area contributed by atoms with Crippen molar-refractivity contribution in [2.24, 2.45) is 0 Å². The summed E-state index contributed by atoms with van der Waals surface area (Å²) in [5, 5.41) is 0. The SMILES string of the molecule is C[C@H](NS(=O)(=O)c1cc(F)ccc1F)C(=O)OC(C)(C)C. The Labute approximate surface area is 122 Å².